The Kier molecular flexibility index (Phi) is 5.84. The van der Waals surface area contributed by atoms with Crippen LogP contribution in [-0.4, -0.2) is 18.4 Å². The highest BCUT2D eigenvalue weighted by Crippen LogP contribution is 2.31. The maximum atomic E-state index is 12.3. The standard InChI is InChI=1S/C19H29NO/c1-4-19(21)17-11-7-8-12-18(17)20(14-13-15(2)3)16-9-5-6-10-16/h7-8,11-12,15-16H,4-6,9-10,13-14H2,1-3H3. The van der Waals surface area contributed by atoms with E-state index >= 15 is 0 Å². The number of carbonyl (C=O) groups excluding carboxylic acids is 1. The van der Waals surface area contributed by atoms with E-state index in [0.29, 0.717) is 18.4 Å². The summed E-state index contributed by atoms with van der Waals surface area (Å²) in [7, 11) is 0. The number of rotatable bonds is 7. The van der Waals surface area contributed by atoms with Crippen LogP contribution in [0.2, 0.25) is 0 Å². The highest BCUT2D eigenvalue weighted by molar-refractivity contribution is 6.01. The molecule has 0 bridgehead atoms. The number of nitrogens with zero attached hydrogens (tertiary/aromatic N) is 1. The van der Waals surface area contributed by atoms with Crippen LogP contribution in [0, 0.1) is 5.92 Å². The van der Waals surface area contributed by atoms with Crippen LogP contribution in [0.4, 0.5) is 5.69 Å². The van der Waals surface area contributed by atoms with Gasteiger partial charge in [-0.1, -0.05) is 45.7 Å². The van der Waals surface area contributed by atoms with Crippen molar-refractivity contribution in [2.24, 2.45) is 5.92 Å². The third-order valence-electron chi connectivity index (χ3n) is 4.55. The predicted molar refractivity (Wildman–Crippen MR) is 90.1 cm³/mol. The lowest BCUT2D eigenvalue weighted by Crippen LogP contribution is -2.35. The molecule has 21 heavy (non-hydrogen) atoms. The highest BCUT2D eigenvalue weighted by atomic mass is 16.1. The van der Waals surface area contributed by atoms with E-state index in [0.717, 1.165) is 17.8 Å². The van der Waals surface area contributed by atoms with Gasteiger partial charge in [-0.2, -0.15) is 0 Å². The second kappa shape index (κ2) is 7.63. The van der Waals surface area contributed by atoms with Crippen LogP contribution >= 0.6 is 0 Å². The molecule has 1 aromatic rings. The molecule has 1 saturated carbocycles. The second-order valence-electron chi connectivity index (χ2n) is 6.61. The molecule has 116 valence electrons. The van der Waals surface area contributed by atoms with E-state index in [1.165, 1.54) is 32.1 Å². The van der Waals surface area contributed by atoms with E-state index in [1.807, 2.05) is 19.1 Å². The summed E-state index contributed by atoms with van der Waals surface area (Å²) in [5.41, 5.74) is 2.08. The quantitative estimate of drug-likeness (QED) is 0.652. The summed E-state index contributed by atoms with van der Waals surface area (Å²) in [4.78, 5) is 14.8. The van der Waals surface area contributed by atoms with Gasteiger partial charge in [0.2, 0.25) is 0 Å². The zero-order valence-corrected chi connectivity index (χ0v) is 13.8. The Morgan fingerprint density at radius 1 is 1.24 bits per heavy atom. The van der Waals surface area contributed by atoms with Gasteiger partial charge in [-0.25, -0.2) is 0 Å². The summed E-state index contributed by atoms with van der Waals surface area (Å²) < 4.78 is 0. The van der Waals surface area contributed by atoms with Crippen molar-refractivity contribution in [3.63, 3.8) is 0 Å². The third-order valence-corrected chi connectivity index (χ3v) is 4.55. The van der Waals surface area contributed by atoms with E-state index in [-0.39, 0.29) is 5.78 Å². The predicted octanol–water partition coefficient (Wildman–Crippen LogP) is 5.07. The monoisotopic (exact) mass is 287 g/mol. The van der Waals surface area contributed by atoms with Gasteiger partial charge in [0.1, 0.15) is 0 Å². The van der Waals surface area contributed by atoms with Crippen LogP contribution in [0.3, 0.4) is 0 Å². The van der Waals surface area contributed by atoms with E-state index in [1.54, 1.807) is 0 Å². The summed E-state index contributed by atoms with van der Waals surface area (Å²) in [5, 5.41) is 0. The van der Waals surface area contributed by atoms with E-state index in [9.17, 15) is 4.79 Å². The topological polar surface area (TPSA) is 20.3 Å². The van der Waals surface area contributed by atoms with Crippen LogP contribution < -0.4 is 4.90 Å². The Hall–Kier alpha value is -1.31. The lowest BCUT2D eigenvalue weighted by molar-refractivity contribution is 0.0988. The average Bonchev–Trinajstić information content (AvgIpc) is 3.01. The summed E-state index contributed by atoms with van der Waals surface area (Å²) in [6.45, 7) is 7.56. The van der Waals surface area contributed by atoms with Gasteiger partial charge in [0, 0.05) is 30.3 Å². The maximum absolute atomic E-state index is 12.3. The number of anilines is 1. The fourth-order valence-electron chi connectivity index (χ4n) is 3.26. The fourth-order valence-corrected chi connectivity index (χ4v) is 3.26. The van der Waals surface area contributed by atoms with Gasteiger partial charge in [0.25, 0.3) is 0 Å². The molecular weight excluding hydrogens is 258 g/mol. The van der Waals surface area contributed by atoms with Crippen LogP contribution in [0.15, 0.2) is 24.3 Å². The van der Waals surface area contributed by atoms with Crippen molar-refractivity contribution in [1.82, 2.24) is 0 Å². The van der Waals surface area contributed by atoms with Crippen molar-refractivity contribution in [2.45, 2.75) is 65.3 Å². The number of Topliss-reactive ketones (excluding diaryl/α,β-unsaturated/α-hetero) is 1. The van der Waals surface area contributed by atoms with Crippen molar-refractivity contribution in [3.05, 3.63) is 29.8 Å². The lowest BCUT2D eigenvalue weighted by Gasteiger charge is -2.33. The number of para-hydroxylation sites is 1. The molecule has 2 heteroatoms. The molecule has 0 N–H and O–H groups in total. The van der Waals surface area contributed by atoms with Crippen LogP contribution in [-0.2, 0) is 0 Å². The normalized spacial score (nSPS) is 15.6. The molecule has 1 aliphatic rings. The molecule has 0 spiro atoms. The SMILES string of the molecule is CCC(=O)c1ccccc1N(CCC(C)C)C1CCCC1. The summed E-state index contributed by atoms with van der Waals surface area (Å²) in [6, 6.07) is 8.82. The van der Waals surface area contributed by atoms with Crippen molar-refractivity contribution in [1.29, 1.82) is 0 Å². The first kappa shape index (κ1) is 16.1. The molecule has 0 aromatic heterocycles. The van der Waals surface area contributed by atoms with Crippen LogP contribution in [0.1, 0.15) is 69.7 Å². The summed E-state index contributed by atoms with van der Waals surface area (Å²) >= 11 is 0. The van der Waals surface area contributed by atoms with E-state index < -0.39 is 0 Å². The Morgan fingerprint density at radius 3 is 2.52 bits per heavy atom. The van der Waals surface area contributed by atoms with Gasteiger partial charge in [0.15, 0.2) is 5.78 Å². The van der Waals surface area contributed by atoms with Crippen molar-refractivity contribution in [2.75, 3.05) is 11.4 Å². The number of benzene rings is 1. The Labute approximate surface area is 129 Å². The molecule has 1 fully saturated rings. The molecule has 0 unspecified atom stereocenters. The van der Waals surface area contributed by atoms with Gasteiger partial charge in [0.05, 0.1) is 0 Å². The van der Waals surface area contributed by atoms with Gasteiger partial charge in [-0.05, 0) is 37.3 Å². The molecule has 0 heterocycles. The smallest absolute Gasteiger partial charge is 0.164 e. The number of carbonyl (C=O) groups is 1. The first-order valence-corrected chi connectivity index (χ1v) is 8.52. The Balaban J connectivity index is 2.28. The lowest BCUT2D eigenvalue weighted by atomic mass is 10.0. The second-order valence-corrected chi connectivity index (χ2v) is 6.61. The van der Waals surface area contributed by atoms with Crippen molar-refractivity contribution in [3.8, 4) is 0 Å². The van der Waals surface area contributed by atoms with Gasteiger partial charge < -0.3 is 4.90 Å². The first-order chi connectivity index (χ1) is 10.1. The molecule has 0 atom stereocenters. The molecule has 0 saturated heterocycles. The molecular formula is C19H29NO. The molecule has 2 nitrogen and oxygen atoms in total. The molecule has 1 aromatic carbocycles. The van der Waals surface area contributed by atoms with Gasteiger partial charge in [-0.15, -0.1) is 0 Å². The molecule has 2 rings (SSSR count). The number of ketones is 1. The summed E-state index contributed by atoms with van der Waals surface area (Å²) in [5.74, 6) is 0.959. The zero-order valence-electron chi connectivity index (χ0n) is 13.8. The average molecular weight is 287 g/mol. The van der Waals surface area contributed by atoms with Crippen molar-refractivity contribution < 1.29 is 4.79 Å². The maximum Gasteiger partial charge on any atom is 0.164 e. The first-order valence-electron chi connectivity index (χ1n) is 8.52. The van der Waals surface area contributed by atoms with E-state index in [2.05, 4.69) is 30.9 Å². The van der Waals surface area contributed by atoms with E-state index in [4.69, 9.17) is 0 Å². The van der Waals surface area contributed by atoms with Crippen molar-refractivity contribution >= 4 is 11.5 Å². The number of hydrogen-bond acceptors (Lipinski definition) is 2. The third kappa shape index (κ3) is 4.09. The number of hydrogen-bond donors (Lipinski definition) is 0. The van der Waals surface area contributed by atoms with Gasteiger partial charge in [-0.3, -0.25) is 4.79 Å². The Morgan fingerprint density at radius 2 is 1.90 bits per heavy atom. The molecule has 0 aliphatic heterocycles. The molecule has 0 radical (unpaired) electrons. The molecule has 0 amide bonds. The fraction of sp³-hybridized carbons (Fsp3) is 0.632. The van der Waals surface area contributed by atoms with Crippen LogP contribution in [0.5, 0.6) is 0 Å². The Bertz CT molecular complexity index is 460. The minimum atomic E-state index is 0.262. The largest absolute Gasteiger partial charge is 0.368 e. The minimum Gasteiger partial charge on any atom is -0.368 e. The zero-order chi connectivity index (χ0) is 15.2. The molecule has 1 aliphatic carbocycles. The summed E-state index contributed by atoms with van der Waals surface area (Å²) in [6.07, 6.45) is 6.96. The van der Waals surface area contributed by atoms with Gasteiger partial charge >= 0.3 is 0 Å². The highest BCUT2D eigenvalue weighted by Gasteiger charge is 2.25. The van der Waals surface area contributed by atoms with Crippen LogP contribution in [0.25, 0.3) is 0 Å². The minimum absolute atomic E-state index is 0.262.